The van der Waals surface area contributed by atoms with E-state index in [0.29, 0.717) is 17.2 Å². The summed E-state index contributed by atoms with van der Waals surface area (Å²) < 4.78 is 14.6. The van der Waals surface area contributed by atoms with E-state index in [1.165, 1.54) is 21.3 Å². The van der Waals surface area contributed by atoms with Gasteiger partial charge in [0, 0.05) is 11.8 Å². The summed E-state index contributed by atoms with van der Waals surface area (Å²) in [5.74, 6) is 0.527. The van der Waals surface area contributed by atoms with E-state index in [2.05, 4.69) is 15.4 Å². The van der Waals surface area contributed by atoms with Crippen molar-refractivity contribution >= 4 is 17.7 Å². The molecular weight excluding hydrogens is 252 g/mol. The van der Waals surface area contributed by atoms with Crippen LogP contribution in [0.1, 0.15) is 0 Å². The van der Waals surface area contributed by atoms with Gasteiger partial charge in [0.1, 0.15) is 6.54 Å². The molecule has 0 aliphatic heterocycles. The van der Waals surface area contributed by atoms with Gasteiger partial charge < -0.3 is 24.8 Å². The first-order valence-corrected chi connectivity index (χ1v) is 5.44. The Bertz CT molecular complexity index is 461. The lowest BCUT2D eigenvalue weighted by molar-refractivity contribution is -0.139. The highest BCUT2D eigenvalue weighted by atomic mass is 16.5. The first kappa shape index (κ1) is 14.6. The quantitative estimate of drug-likeness (QED) is 0.778. The van der Waals surface area contributed by atoms with Crippen LogP contribution in [0, 0.1) is 0 Å². The average Bonchev–Trinajstić information content (AvgIpc) is 2.44. The number of carbonyl (C=O) groups is 2. The van der Waals surface area contributed by atoms with Crippen LogP contribution < -0.4 is 20.1 Å². The molecule has 0 saturated heterocycles. The zero-order valence-electron chi connectivity index (χ0n) is 11.0. The van der Waals surface area contributed by atoms with Gasteiger partial charge in [0.2, 0.25) is 0 Å². The van der Waals surface area contributed by atoms with Crippen LogP contribution in [0.4, 0.5) is 10.5 Å². The van der Waals surface area contributed by atoms with Gasteiger partial charge in [-0.1, -0.05) is 0 Å². The predicted molar refractivity (Wildman–Crippen MR) is 68.6 cm³/mol. The number of hydrogen-bond donors (Lipinski definition) is 2. The normalized spacial score (nSPS) is 9.42. The van der Waals surface area contributed by atoms with Crippen molar-refractivity contribution < 1.29 is 23.8 Å². The lowest BCUT2D eigenvalue weighted by Gasteiger charge is -2.11. The van der Waals surface area contributed by atoms with Gasteiger partial charge in [0.25, 0.3) is 0 Å². The summed E-state index contributed by atoms with van der Waals surface area (Å²) in [7, 11) is 4.27. The molecule has 0 unspecified atom stereocenters. The molecule has 0 fully saturated rings. The largest absolute Gasteiger partial charge is 0.493 e. The molecule has 0 aliphatic carbocycles. The second kappa shape index (κ2) is 7.10. The molecule has 1 rings (SSSR count). The van der Waals surface area contributed by atoms with Crippen LogP contribution in [0.2, 0.25) is 0 Å². The van der Waals surface area contributed by atoms with Gasteiger partial charge in [-0.05, 0) is 12.1 Å². The molecule has 7 nitrogen and oxygen atoms in total. The molecule has 2 amide bonds. The molecule has 0 aromatic heterocycles. The smallest absolute Gasteiger partial charge is 0.325 e. The lowest BCUT2D eigenvalue weighted by atomic mass is 10.3. The van der Waals surface area contributed by atoms with Gasteiger partial charge in [-0.2, -0.15) is 0 Å². The Morgan fingerprint density at radius 2 is 1.79 bits per heavy atom. The molecule has 0 saturated carbocycles. The summed E-state index contributed by atoms with van der Waals surface area (Å²) >= 11 is 0. The number of ether oxygens (including phenoxy) is 3. The van der Waals surface area contributed by atoms with Gasteiger partial charge >= 0.3 is 12.0 Å². The van der Waals surface area contributed by atoms with E-state index >= 15 is 0 Å². The van der Waals surface area contributed by atoms with Crippen molar-refractivity contribution in [3.63, 3.8) is 0 Å². The van der Waals surface area contributed by atoms with E-state index in [4.69, 9.17) is 9.47 Å². The molecular formula is C12H16N2O5. The van der Waals surface area contributed by atoms with Crippen molar-refractivity contribution in [2.45, 2.75) is 0 Å². The van der Waals surface area contributed by atoms with Crippen LogP contribution >= 0.6 is 0 Å². The Morgan fingerprint density at radius 3 is 2.37 bits per heavy atom. The minimum atomic E-state index is -0.525. The minimum absolute atomic E-state index is 0.199. The molecule has 1 aromatic rings. The molecule has 104 valence electrons. The maximum Gasteiger partial charge on any atom is 0.325 e. The lowest BCUT2D eigenvalue weighted by Crippen LogP contribution is -2.33. The molecule has 0 aliphatic rings. The number of esters is 1. The average molecular weight is 268 g/mol. The molecule has 2 N–H and O–H groups in total. The first-order chi connectivity index (χ1) is 9.10. The number of amides is 2. The maximum absolute atomic E-state index is 11.5. The molecule has 7 heteroatoms. The Balaban J connectivity index is 2.61. The third-order valence-corrected chi connectivity index (χ3v) is 2.26. The molecule has 0 spiro atoms. The van der Waals surface area contributed by atoms with E-state index in [1.54, 1.807) is 18.2 Å². The van der Waals surface area contributed by atoms with Crippen molar-refractivity contribution in [3.8, 4) is 11.5 Å². The van der Waals surface area contributed by atoms with E-state index < -0.39 is 12.0 Å². The number of carbonyl (C=O) groups excluding carboxylic acids is 2. The highest BCUT2D eigenvalue weighted by Crippen LogP contribution is 2.29. The number of benzene rings is 1. The number of nitrogens with one attached hydrogen (secondary N) is 2. The number of rotatable bonds is 5. The fourth-order valence-electron chi connectivity index (χ4n) is 1.31. The summed E-state index contributed by atoms with van der Waals surface area (Å²) in [5, 5.41) is 4.91. The van der Waals surface area contributed by atoms with Crippen molar-refractivity contribution in [1.82, 2.24) is 5.32 Å². The van der Waals surface area contributed by atoms with E-state index in [9.17, 15) is 9.59 Å². The molecule has 1 aromatic carbocycles. The van der Waals surface area contributed by atoms with Crippen LogP contribution in [-0.4, -0.2) is 39.9 Å². The van der Waals surface area contributed by atoms with Crippen LogP contribution in [0.3, 0.4) is 0 Å². The van der Waals surface area contributed by atoms with Crippen LogP contribution in [0.25, 0.3) is 0 Å². The highest BCUT2D eigenvalue weighted by molar-refractivity contribution is 5.91. The zero-order valence-corrected chi connectivity index (χ0v) is 11.0. The number of urea groups is 1. The Kier molecular flexibility index (Phi) is 5.46. The number of hydrogen-bond acceptors (Lipinski definition) is 5. The Hall–Kier alpha value is -2.44. The van der Waals surface area contributed by atoms with Gasteiger partial charge in [-0.25, -0.2) is 4.79 Å². The third-order valence-electron chi connectivity index (χ3n) is 2.26. The second-order valence-corrected chi connectivity index (χ2v) is 3.45. The van der Waals surface area contributed by atoms with Crippen molar-refractivity contribution in [2.24, 2.45) is 0 Å². The molecule has 19 heavy (non-hydrogen) atoms. The maximum atomic E-state index is 11.5. The summed E-state index contributed by atoms with van der Waals surface area (Å²) in [5.41, 5.74) is 0.514. The SMILES string of the molecule is COC(=O)CNC(=O)Nc1ccc(OC)c(OC)c1. The van der Waals surface area contributed by atoms with Crippen molar-refractivity contribution in [2.75, 3.05) is 33.2 Å². The van der Waals surface area contributed by atoms with Crippen LogP contribution in [0.15, 0.2) is 18.2 Å². The zero-order chi connectivity index (χ0) is 14.3. The summed E-state index contributed by atoms with van der Waals surface area (Å²) in [4.78, 5) is 22.3. The summed E-state index contributed by atoms with van der Waals surface area (Å²) in [6.07, 6.45) is 0. The van der Waals surface area contributed by atoms with Crippen molar-refractivity contribution in [1.29, 1.82) is 0 Å². The van der Waals surface area contributed by atoms with E-state index in [1.807, 2.05) is 0 Å². The number of anilines is 1. The Labute approximate surface area is 110 Å². The van der Waals surface area contributed by atoms with Gasteiger partial charge in [-0.15, -0.1) is 0 Å². The van der Waals surface area contributed by atoms with Gasteiger partial charge in [0.15, 0.2) is 11.5 Å². The fraction of sp³-hybridized carbons (Fsp3) is 0.333. The molecule has 0 heterocycles. The van der Waals surface area contributed by atoms with Gasteiger partial charge in [-0.3, -0.25) is 4.79 Å². The topological polar surface area (TPSA) is 85.9 Å². The molecule has 0 radical (unpaired) electrons. The fourth-order valence-corrected chi connectivity index (χ4v) is 1.31. The van der Waals surface area contributed by atoms with Crippen LogP contribution in [0.5, 0.6) is 11.5 Å². The third kappa shape index (κ3) is 4.38. The summed E-state index contributed by atoms with van der Waals surface area (Å²) in [6.45, 7) is -0.199. The van der Waals surface area contributed by atoms with Crippen LogP contribution in [-0.2, 0) is 9.53 Å². The second-order valence-electron chi connectivity index (χ2n) is 3.45. The van der Waals surface area contributed by atoms with Gasteiger partial charge in [0.05, 0.1) is 21.3 Å². The monoisotopic (exact) mass is 268 g/mol. The number of methoxy groups -OCH3 is 3. The van der Waals surface area contributed by atoms with Crippen molar-refractivity contribution in [3.05, 3.63) is 18.2 Å². The minimum Gasteiger partial charge on any atom is -0.493 e. The van der Waals surface area contributed by atoms with E-state index in [-0.39, 0.29) is 6.54 Å². The molecule has 0 atom stereocenters. The van der Waals surface area contributed by atoms with E-state index in [0.717, 1.165) is 0 Å². The summed E-state index contributed by atoms with van der Waals surface area (Å²) in [6, 6.07) is 4.40. The highest BCUT2D eigenvalue weighted by Gasteiger charge is 2.08. The standard InChI is InChI=1S/C12H16N2O5/c1-17-9-5-4-8(6-10(9)18-2)14-12(16)13-7-11(15)19-3/h4-6H,7H2,1-3H3,(H2,13,14,16). The predicted octanol–water partition coefficient (Wildman–Crippen LogP) is 0.998. The Morgan fingerprint density at radius 1 is 1.11 bits per heavy atom. The molecule has 0 bridgehead atoms. The first-order valence-electron chi connectivity index (χ1n) is 5.44.